The lowest BCUT2D eigenvalue weighted by Gasteiger charge is -2.37. The maximum absolute atomic E-state index is 6.45. The lowest BCUT2D eigenvalue weighted by atomic mass is 10.2. The SMILES string of the molecule is CCC(C)(Oc1ccc(/C=N/N(C)[P+](=S)C(C)(CC)Oc2ccc(/C=N/N(C)P(=S)(Cl)Cl)cc2)cc1)P(N)P(N)PN. The molecule has 0 bridgehead atoms. The Morgan fingerprint density at radius 3 is 1.86 bits per heavy atom. The van der Waals surface area contributed by atoms with Gasteiger partial charge in [0.2, 0.25) is 4.89 Å². The van der Waals surface area contributed by atoms with E-state index in [9.17, 15) is 0 Å². The van der Waals surface area contributed by atoms with Crippen LogP contribution in [-0.2, 0) is 23.6 Å². The first-order valence-electron chi connectivity index (χ1n) is 12.7. The largest absolute Gasteiger partial charge is 0.481 e. The summed E-state index contributed by atoms with van der Waals surface area (Å²) in [6, 6.07) is 15.2. The zero-order valence-electron chi connectivity index (χ0n) is 24.4. The molecule has 0 fully saturated rings. The lowest BCUT2D eigenvalue weighted by molar-refractivity contribution is 0.171. The molecule has 0 aliphatic rings. The van der Waals surface area contributed by atoms with E-state index in [0.717, 1.165) is 23.3 Å². The molecular formula is C24H39Cl2N7O2P5S2+. The van der Waals surface area contributed by atoms with E-state index in [2.05, 4.69) is 17.1 Å². The summed E-state index contributed by atoms with van der Waals surface area (Å²) in [4.78, 5) is -2.65. The van der Waals surface area contributed by atoms with Crippen LogP contribution in [0.3, 0.4) is 0 Å². The quantitative estimate of drug-likeness (QED) is 0.0879. The van der Waals surface area contributed by atoms with Crippen molar-refractivity contribution in [1.29, 1.82) is 0 Å². The van der Waals surface area contributed by atoms with Crippen LogP contribution in [0.25, 0.3) is 0 Å². The molecule has 6 unspecified atom stereocenters. The summed E-state index contributed by atoms with van der Waals surface area (Å²) in [5, 5.41) is 7.68. The van der Waals surface area contributed by atoms with E-state index in [0.29, 0.717) is 12.2 Å². The van der Waals surface area contributed by atoms with Crippen molar-refractivity contribution >= 4 is 93.9 Å². The molecule has 0 aliphatic carbocycles. The first-order valence-corrected chi connectivity index (χ1v) is 25.1. The molecule has 0 aliphatic heterocycles. The van der Waals surface area contributed by atoms with Gasteiger partial charge in [-0.25, -0.2) is 4.78 Å². The molecule has 9 nitrogen and oxygen atoms in total. The van der Waals surface area contributed by atoms with Crippen LogP contribution in [0.15, 0.2) is 58.7 Å². The smallest absolute Gasteiger partial charge is 0.358 e. The fraction of sp³-hybridized carbons (Fsp3) is 0.417. The third kappa shape index (κ3) is 11.1. The van der Waals surface area contributed by atoms with Gasteiger partial charge in [-0.05, 0) is 116 Å². The molecule has 42 heavy (non-hydrogen) atoms. The molecular weight excluding hydrogens is 708 g/mol. The number of rotatable bonds is 16. The minimum absolute atomic E-state index is 0.139. The number of halogens is 2. The molecule has 232 valence electrons. The molecule has 0 spiro atoms. The number of benzene rings is 2. The fourth-order valence-corrected chi connectivity index (χ4v) is 12.1. The van der Waals surface area contributed by atoms with Crippen molar-refractivity contribution in [3.63, 3.8) is 0 Å². The van der Waals surface area contributed by atoms with Gasteiger partial charge >= 0.3 is 6.85 Å². The molecule has 6 N–H and O–H groups in total. The summed E-state index contributed by atoms with van der Waals surface area (Å²) in [5.74, 6) is 1.42. The first kappa shape index (κ1) is 38.1. The summed E-state index contributed by atoms with van der Waals surface area (Å²) in [6.45, 7) is 6.90. The second-order valence-electron chi connectivity index (χ2n) is 9.39. The highest BCUT2D eigenvalue weighted by Gasteiger charge is 2.45. The number of ether oxygens (including phenoxy) is 2. The van der Waals surface area contributed by atoms with E-state index >= 15 is 0 Å². The van der Waals surface area contributed by atoms with Crippen LogP contribution in [0.4, 0.5) is 0 Å². The predicted molar refractivity (Wildman–Crippen MR) is 197 cm³/mol. The second kappa shape index (κ2) is 17.0. The van der Waals surface area contributed by atoms with Crippen molar-refractivity contribution in [2.24, 2.45) is 26.7 Å². The van der Waals surface area contributed by atoms with Gasteiger partial charge in [0.1, 0.15) is 16.8 Å². The van der Waals surface area contributed by atoms with Crippen molar-refractivity contribution in [3.05, 3.63) is 59.7 Å². The van der Waals surface area contributed by atoms with Crippen molar-refractivity contribution in [1.82, 2.24) is 9.56 Å². The molecule has 0 amide bonds. The van der Waals surface area contributed by atoms with Gasteiger partial charge in [-0.15, -0.1) is 9.88 Å². The topological polar surface area (TPSA) is 128 Å². The maximum atomic E-state index is 6.45. The van der Waals surface area contributed by atoms with Gasteiger partial charge in [0.05, 0.1) is 27.2 Å². The zero-order chi connectivity index (χ0) is 31.7. The van der Waals surface area contributed by atoms with Crippen LogP contribution in [0, 0.1) is 0 Å². The molecule has 18 heteroatoms. The number of nitrogens with zero attached hydrogens (tertiary/aromatic N) is 4. The van der Waals surface area contributed by atoms with E-state index < -0.39 is 37.6 Å². The average Bonchev–Trinajstić information content (AvgIpc) is 2.98. The summed E-state index contributed by atoms with van der Waals surface area (Å²) in [7, 11) is 1.68. The lowest BCUT2D eigenvalue weighted by Crippen LogP contribution is -2.31. The van der Waals surface area contributed by atoms with Gasteiger partial charge in [0.25, 0.3) is 5.34 Å². The fourth-order valence-electron chi connectivity index (χ4n) is 3.28. The van der Waals surface area contributed by atoms with Crippen molar-refractivity contribution in [3.8, 4) is 11.5 Å². The molecule has 0 radical (unpaired) electrons. The minimum Gasteiger partial charge on any atom is -0.481 e. The van der Waals surface area contributed by atoms with Crippen molar-refractivity contribution in [2.45, 2.75) is 51.2 Å². The Bertz CT molecular complexity index is 1290. The Morgan fingerprint density at radius 2 is 1.43 bits per heavy atom. The summed E-state index contributed by atoms with van der Waals surface area (Å²) in [6.07, 6.45) is 4.86. The molecule has 0 aromatic heterocycles. The highest BCUT2D eigenvalue weighted by atomic mass is 35.9. The summed E-state index contributed by atoms with van der Waals surface area (Å²) >= 11 is 22.9. The second-order valence-corrected chi connectivity index (χ2v) is 28.7. The van der Waals surface area contributed by atoms with Crippen LogP contribution in [0.1, 0.15) is 51.7 Å². The van der Waals surface area contributed by atoms with Gasteiger partial charge in [-0.3, -0.25) is 0 Å². The molecule has 2 rings (SSSR count). The van der Waals surface area contributed by atoms with Gasteiger partial charge in [0, 0.05) is 27.8 Å². The van der Waals surface area contributed by atoms with Crippen LogP contribution >= 0.6 is 57.9 Å². The predicted octanol–water partition coefficient (Wildman–Crippen LogP) is 8.58. The van der Waals surface area contributed by atoms with E-state index in [1.807, 2.05) is 76.3 Å². The van der Waals surface area contributed by atoms with Gasteiger partial charge < -0.3 is 26.0 Å². The van der Waals surface area contributed by atoms with Gasteiger partial charge in [-0.2, -0.15) is 5.10 Å². The van der Waals surface area contributed by atoms with Crippen LogP contribution in [0.2, 0.25) is 0 Å². The minimum atomic E-state index is -2.65. The molecule has 2 aromatic rings. The third-order valence-electron chi connectivity index (χ3n) is 6.35. The normalized spacial score (nSPS) is 17.2. The summed E-state index contributed by atoms with van der Waals surface area (Å²) in [5.41, 5.74) is 20.2. The van der Waals surface area contributed by atoms with Crippen molar-refractivity contribution in [2.75, 3.05) is 14.1 Å². The number of hydrogen-bond donors (Lipinski definition) is 3. The monoisotopic (exact) mass is 746 g/mol. The Kier molecular flexibility index (Phi) is 15.4. The Morgan fingerprint density at radius 1 is 0.952 bits per heavy atom. The highest BCUT2D eigenvalue weighted by molar-refractivity contribution is 8.55. The Balaban J connectivity index is 2.06. The average molecular weight is 748 g/mol. The molecule has 6 atom stereocenters. The molecule has 0 heterocycles. The van der Waals surface area contributed by atoms with Crippen molar-refractivity contribution < 1.29 is 9.47 Å². The standard InChI is InChI=1S/C24H39Cl2N7O2P5S2/c1-7-23(3,37(28)39(29)36-27)34-21-13-9-19(10-14-21)17-30-32(5)38(41)24(4,8-2)35-22-15-11-20(12-16-22)18-31-33(6)40(25,26)42/h9-18,36H,7-8,27-29H2,1-6H3/q+1/b30-17+,31-18+. The first-order chi connectivity index (χ1) is 19.6. The molecule has 0 saturated heterocycles. The molecule has 2 aromatic carbocycles. The van der Waals surface area contributed by atoms with E-state index in [1.54, 1.807) is 24.3 Å². The third-order valence-corrected chi connectivity index (χ3v) is 21.4. The van der Waals surface area contributed by atoms with Crippen LogP contribution in [-0.4, -0.2) is 46.8 Å². The maximum Gasteiger partial charge on any atom is 0.358 e. The van der Waals surface area contributed by atoms with Gasteiger partial charge in [0.15, 0.2) is 11.8 Å². The summed E-state index contributed by atoms with van der Waals surface area (Å²) < 4.78 is 15.9. The van der Waals surface area contributed by atoms with E-state index in [-0.39, 0.29) is 8.42 Å². The number of hydrazone groups is 2. The zero-order valence-corrected chi connectivity index (χ0v) is 32.1. The molecule has 0 saturated carbocycles. The Labute approximate surface area is 274 Å². The Hall–Kier alpha value is -0.1000. The van der Waals surface area contributed by atoms with Crippen LogP contribution in [0.5, 0.6) is 11.5 Å². The highest BCUT2D eigenvalue weighted by Crippen LogP contribution is 2.74. The van der Waals surface area contributed by atoms with E-state index in [1.165, 1.54) is 4.78 Å². The number of hydrogen-bond acceptors (Lipinski definition) is 9. The van der Waals surface area contributed by atoms with E-state index in [4.69, 9.17) is 72.1 Å². The van der Waals surface area contributed by atoms with Gasteiger partial charge in [-0.1, -0.05) is 13.8 Å². The number of nitrogens with two attached hydrogens (primary N) is 3. The van der Waals surface area contributed by atoms with Crippen LogP contribution < -0.4 is 26.0 Å².